The maximum Gasteiger partial charge on any atom is 0.411 e. The average molecular weight is 555 g/mol. The monoisotopic (exact) mass is 554 g/mol. The zero-order chi connectivity index (χ0) is 29.1. The van der Waals surface area contributed by atoms with E-state index in [9.17, 15) is 24.0 Å². The summed E-state index contributed by atoms with van der Waals surface area (Å²) in [6.45, 7) is 1.25. The third-order valence-corrected chi connectivity index (χ3v) is 5.71. The molecule has 2 aromatic rings. The van der Waals surface area contributed by atoms with Gasteiger partial charge in [-0.15, -0.1) is 0 Å². The van der Waals surface area contributed by atoms with Gasteiger partial charge in [0.1, 0.15) is 12.3 Å². The molecule has 12 nitrogen and oxygen atoms in total. The van der Waals surface area contributed by atoms with E-state index in [-0.39, 0.29) is 19.6 Å². The van der Waals surface area contributed by atoms with E-state index in [0.29, 0.717) is 5.56 Å². The lowest BCUT2D eigenvalue weighted by Gasteiger charge is -2.25. The first-order chi connectivity index (χ1) is 19.2. The molecule has 212 valence electrons. The molecule has 40 heavy (non-hydrogen) atoms. The molecule has 0 unspecified atom stereocenters. The maximum absolute atomic E-state index is 12.9. The highest BCUT2D eigenvalue weighted by atomic mass is 16.6. The topological polar surface area (TPSA) is 147 Å². The molecule has 0 saturated carbocycles. The number of carbonyl (C=O) groups is 5. The Hall–Kier alpha value is -4.87. The minimum Gasteiger partial charge on any atom is -0.464 e. The van der Waals surface area contributed by atoms with Crippen LogP contribution >= 0.6 is 0 Å². The number of nitrogens with zero attached hydrogens (tertiary/aromatic N) is 1. The van der Waals surface area contributed by atoms with E-state index >= 15 is 0 Å². The van der Waals surface area contributed by atoms with Crippen LogP contribution in [0.25, 0.3) is 0 Å². The van der Waals surface area contributed by atoms with Crippen molar-refractivity contribution in [3.05, 3.63) is 83.6 Å². The molecule has 1 heterocycles. The highest BCUT2D eigenvalue weighted by Gasteiger charge is 2.51. The molecule has 0 aliphatic carbocycles. The first kappa shape index (κ1) is 29.7. The Morgan fingerprint density at radius 2 is 1.55 bits per heavy atom. The van der Waals surface area contributed by atoms with Crippen molar-refractivity contribution in [2.75, 3.05) is 20.8 Å². The Labute approximate surface area is 230 Å². The van der Waals surface area contributed by atoms with E-state index in [4.69, 9.17) is 18.9 Å². The van der Waals surface area contributed by atoms with E-state index < -0.39 is 54.0 Å². The second-order valence-electron chi connectivity index (χ2n) is 8.64. The lowest BCUT2D eigenvalue weighted by Crippen LogP contribution is -2.41. The molecule has 3 atom stereocenters. The second kappa shape index (κ2) is 14.3. The molecule has 0 bridgehead atoms. The Balaban J connectivity index is 1.87. The third-order valence-electron chi connectivity index (χ3n) is 5.71. The number of methoxy groups -OCH3 is 2. The van der Waals surface area contributed by atoms with Crippen LogP contribution in [0.2, 0.25) is 0 Å². The van der Waals surface area contributed by atoms with Gasteiger partial charge in [-0.1, -0.05) is 60.7 Å². The lowest BCUT2D eigenvalue weighted by atomic mass is 10.1. The van der Waals surface area contributed by atoms with Gasteiger partial charge in [-0.2, -0.15) is 0 Å². The van der Waals surface area contributed by atoms with Gasteiger partial charge >= 0.3 is 30.1 Å². The van der Waals surface area contributed by atoms with Crippen LogP contribution in [0.4, 0.5) is 9.59 Å². The fourth-order valence-corrected chi connectivity index (χ4v) is 3.75. The van der Waals surface area contributed by atoms with Crippen molar-refractivity contribution in [1.82, 2.24) is 10.2 Å². The number of carbonyl (C=O) groups excluding carboxylic acids is 5. The Morgan fingerprint density at radius 1 is 0.925 bits per heavy atom. The lowest BCUT2D eigenvalue weighted by molar-refractivity contribution is -0.163. The molecule has 0 aromatic heterocycles. The largest absolute Gasteiger partial charge is 0.464 e. The molecule has 2 aromatic carbocycles. The summed E-state index contributed by atoms with van der Waals surface area (Å²) >= 11 is 0. The van der Waals surface area contributed by atoms with Gasteiger partial charge in [0.25, 0.3) is 0 Å². The summed E-state index contributed by atoms with van der Waals surface area (Å²) in [5, 5.41) is 2.19. The molecule has 1 fully saturated rings. The first-order valence-corrected chi connectivity index (χ1v) is 12.2. The van der Waals surface area contributed by atoms with Gasteiger partial charge < -0.3 is 23.7 Å². The Kier molecular flexibility index (Phi) is 10.6. The van der Waals surface area contributed by atoms with Crippen LogP contribution < -0.4 is 5.32 Å². The van der Waals surface area contributed by atoms with Crippen LogP contribution in [0.15, 0.2) is 72.4 Å². The second-order valence-corrected chi connectivity index (χ2v) is 8.64. The van der Waals surface area contributed by atoms with Crippen molar-refractivity contribution in [1.29, 1.82) is 0 Å². The predicted molar refractivity (Wildman–Crippen MR) is 138 cm³/mol. The smallest absolute Gasteiger partial charge is 0.411 e. The highest BCUT2D eigenvalue weighted by Crippen LogP contribution is 2.29. The molecule has 12 heteroatoms. The van der Waals surface area contributed by atoms with E-state index in [1.54, 1.807) is 42.5 Å². The number of nitrogens with one attached hydrogen (secondary N) is 1. The summed E-state index contributed by atoms with van der Waals surface area (Å²) in [6.07, 6.45) is -3.37. The molecule has 3 rings (SSSR count). The highest BCUT2D eigenvalue weighted by molar-refractivity contribution is 5.92. The molecule has 1 saturated heterocycles. The van der Waals surface area contributed by atoms with E-state index in [1.165, 1.54) is 4.90 Å². The normalized spacial score (nSPS) is 15.6. The number of rotatable bonds is 11. The van der Waals surface area contributed by atoms with Crippen LogP contribution in [-0.4, -0.2) is 74.0 Å². The van der Waals surface area contributed by atoms with E-state index in [0.717, 1.165) is 32.8 Å². The van der Waals surface area contributed by atoms with Crippen LogP contribution in [0.1, 0.15) is 18.1 Å². The summed E-state index contributed by atoms with van der Waals surface area (Å²) in [5.74, 6) is -2.43. The molecular weight excluding hydrogens is 524 g/mol. The molecule has 1 aliphatic heterocycles. The van der Waals surface area contributed by atoms with Crippen LogP contribution in [0, 0.1) is 0 Å². The van der Waals surface area contributed by atoms with Crippen molar-refractivity contribution in [2.24, 2.45) is 0 Å². The van der Waals surface area contributed by atoms with Crippen LogP contribution in [-0.2, 0) is 51.1 Å². The summed E-state index contributed by atoms with van der Waals surface area (Å²) in [5.41, 5.74) is 1.02. The number of esters is 3. The van der Waals surface area contributed by atoms with Crippen molar-refractivity contribution < 1.29 is 47.7 Å². The minimum atomic E-state index is -1.40. The maximum atomic E-state index is 12.9. The summed E-state index contributed by atoms with van der Waals surface area (Å²) < 4.78 is 25.7. The fourth-order valence-electron chi connectivity index (χ4n) is 3.75. The van der Waals surface area contributed by atoms with Gasteiger partial charge in [-0.05, 0) is 17.2 Å². The first-order valence-electron chi connectivity index (χ1n) is 12.2. The number of benzene rings is 2. The van der Waals surface area contributed by atoms with Gasteiger partial charge in [0.2, 0.25) is 0 Å². The van der Waals surface area contributed by atoms with E-state index in [1.807, 2.05) is 18.2 Å². The molecular formula is C28H30N2O10. The van der Waals surface area contributed by atoms with Gasteiger partial charge in [0, 0.05) is 13.5 Å². The molecule has 2 amide bonds. The number of hydrogen-bond donors (Lipinski definition) is 1. The number of alkyl carbamates (subject to hydrolysis) is 1. The zero-order valence-corrected chi connectivity index (χ0v) is 22.2. The van der Waals surface area contributed by atoms with Gasteiger partial charge in [0.05, 0.1) is 26.7 Å². The van der Waals surface area contributed by atoms with Gasteiger partial charge in [-0.25, -0.2) is 14.4 Å². The average Bonchev–Trinajstić information content (AvgIpc) is 3.75. The van der Waals surface area contributed by atoms with Gasteiger partial charge in [-0.3, -0.25) is 19.8 Å². The zero-order valence-electron chi connectivity index (χ0n) is 22.2. The van der Waals surface area contributed by atoms with Gasteiger partial charge in [0.15, 0.2) is 12.2 Å². The summed E-state index contributed by atoms with van der Waals surface area (Å²) in [6, 6.07) is 17.1. The van der Waals surface area contributed by atoms with Crippen molar-refractivity contribution in [2.45, 2.75) is 38.2 Å². The van der Waals surface area contributed by atoms with Crippen LogP contribution in [0.3, 0.4) is 0 Å². The summed E-state index contributed by atoms with van der Waals surface area (Å²) in [4.78, 5) is 63.2. The number of amides is 2. The molecule has 0 spiro atoms. The Morgan fingerprint density at radius 3 is 2.12 bits per heavy atom. The molecule has 0 radical (unpaired) electrons. The van der Waals surface area contributed by atoms with Crippen LogP contribution in [0.5, 0.6) is 0 Å². The van der Waals surface area contributed by atoms with Crippen molar-refractivity contribution >= 4 is 30.1 Å². The quantitative estimate of drug-likeness (QED) is 0.190. The summed E-state index contributed by atoms with van der Waals surface area (Å²) in [7, 11) is 2.17. The third kappa shape index (κ3) is 8.86. The standard InChI is InChI=1S/C28H30N2O10/c1-18(31)39-23(15-21(26(33)36-2)29-27(34)37-3)25(40-24(32)14-19-10-6-4-7-11-19)22-16-30(22)28(35)38-17-20-12-8-5-9-13-20/h4-13,15,22-23,25H,14,16-17H2,1-3H3,(H,29,34)/b21-15-/t22-,23+,25+,30?/m0/s1. The molecule has 1 aliphatic rings. The van der Waals surface area contributed by atoms with Crippen molar-refractivity contribution in [3.63, 3.8) is 0 Å². The number of hydrogen-bond acceptors (Lipinski definition) is 10. The Bertz CT molecular complexity index is 1230. The van der Waals surface area contributed by atoms with E-state index in [2.05, 4.69) is 10.1 Å². The predicted octanol–water partition coefficient (Wildman–Crippen LogP) is 2.51. The van der Waals surface area contributed by atoms with Crippen molar-refractivity contribution in [3.8, 4) is 0 Å². The fraction of sp³-hybridized carbons (Fsp3) is 0.321. The number of ether oxygens (including phenoxy) is 5. The molecule has 1 N–H and O–H groups in total. The minimum absolute atomic E-state index is 0.0180. The SMILES string of the molecule is COC(=O)N/C(=C\[C@@H](OC(C)=O)[C@H](OC(=O)Cc1ccccc1)[C@@H]1CN1C(=O)OCc1ccccc1)C(=O)OC.